The van der Waals surface area contributed by atoms with E-state index >= 15 is 0 Å². The molecule has 2 saturated heterocycles. The van der Waals surface area contributed by atoms with E-state index in [1.54, 1.807) is 11.3 Å². The number of nitrogens with zero attached hydrogens (tertiary/aromatic N) is 3. The van der Waals surface area contributed by atoms with Crippen LogP contribution in [0.1, 0.15) is 36.9 Å². The highest BCUT2D eigenvalue weighted by atomic mass is 32.1. The van der Waals surface area contributed by atoms with Gasteiger partial charge in [0.15, 0.2) is 0 Å². The number of aromatic nitrogens is 1. The first-order valence-electron chi connectivity index (χ1n) is 10.3. The van der Waals surface area contributed by atoms with Gasteiger partial charge in [0, 0.05) is 19.1 Å². The molecule has 5 rings (SSSR count). The lowest BCUT2D eigenvalue weighted by atomic mass is 9.86. The Morgan fingerprint density at radius 2 is 1.90 bits per heavy atom. The zero-order chi connectivity index (χ0) is 20.7. The van der Waals surface area contributed by atoms with Gasteiger partial charge in [-0.3, -0.25) is 14.6 Å². The Hall–Kier alpha value is -2.77. The second kappa shape index (κ2) is 7.49. The first-order valence-corrected chi connectivity index (χ1v) is 11.2. The molecule has 3 aromatic rings. The molecule has 1 aromatic heterocycles. The molecule has 3 amide bonds. The van der Waals surface area contributed by atoms with E-state index in [2.05, 4.69) is 40.3 Å². The molecule has 154 valence electrons. The molecular formula is C23H24N4O2S. The minimum absolute atomic E-state index is 0.0902. The SMILES string of the molecule is CC(c1ccc2scnc2c1)N1CCC2(CC1)NC(=O)N(Cc1ccccc1)C2=O. The summed E-state index contributed by atoms with van der Waals surface area (Å²) in [6.45, 7) is 4.05. The number of amides is 3. The monoisotopic (exact) mass is 420 g/mol. The Bertz CT molecular complexity index is 1090. The summed E-state index contributed by atoms with van der Waals surface area (Å²) < 4.78 is 1.20. The second-order valence-corrected chi connectivity index (χ2v) is 9.07. The number of nitrogens with one attached hydrogen (secondary N) is 1. The lowest BCUT2D eigenvalue weighted by molar-refractivity contribution is -0.133. The van der Waals surface area contributed by atoms with Crippen LogP contribution in [0.5, 0.6) is 0 Å². The molecule has 1 atom stereocenters. The van der Waals surface area contributed by atoms with Crippen LogP contribution in [0.3, 0.4) is 0 Å². The second-order valence-electron chi connectivity index (χ2n) is 8.18. The van der Waals surface area contributed by atoms with Gasteiger partial charge in [0.2, 0.25) is 0 Å². The first-order chi connectivity index (χ1) is 14.6. The quantitative estimate of drug-likeness (QED) is 0.649. The van der Waals surface area contributed by atoms with Crippen LogP contribution >= 0.6 is 11.3 Å². The standard InChI is InChI=1S/C23H24N4O2S/c1-16(18-7-8-20-19(13-18)24-15-30-20)26-11-9-23(10-12-26)21(28)27(22(29)25-23)14-17-5-3-2-4-6-17/h2-8,13,15-16H,9-12,14H2,1H3,(H,25,29). The van der Waals surface area contributed by atoms with Crippen molar-refractivity contribution in [3.05, 3.63) is 65.2 Å². The predicted molar refractivity (Wildman–Crippen MR) is 117 cm³/mol. The van der Waals surface area contributed by atoms with Gasteiger partial charge < -0.3 is 5.32 Å². The summed E-state index contributed by atoms with van der Waals surface area (Å²) in [5.74, 6) is -0.0902. The molecule has 2 aliphatic heterocycles. The third-order valence-corrected chi connectivity index (χ3v) is 7.28. The van der Waals surface area contributed by atoms with Crippen LogP contribution in [0.4, 0.5) is 4.79 Å². The van der Waals surface area contributed by atoms with E-state index in [0.717, 1.165) is 24.2 Å². The van der Waals surface area contributed by atoms with Gasteiger partial charge in [-0.2, -0.15) is 0 Å². The Labute approximate surface area is 179 Å². The lowest BCUT2D eigenvalue weighted by Gasteiger charge is -2.40. The van der Waals surface area contributed by atoms with Gasteiger partial charge in [0.25, 0.3) is 5.91 Å². The molecule has 30 heavy (non-hydrogen) atoms. The maximum atomic E-state index is 13.2. The van der Waals surface area contributed by atoms with Crippen LogP contribution in [0, 0.1) is 0 Å². The highest BCUT2D eigenvalue weighted by Gasteiger charge is 2.52. The van der Waals surface area contributed by atoms with Gasteiger partial charge in [-0.25, -0.2) is 9.78 Å². The molecule has 7 heteroatoms. The van der Waals surface area contributed by atoms with Crippen molar-refractivity contribution in [1.29, 1.82) is 0 Å². The first kappa shape index (κ1) is 19.2. The number of thiazole rings is 1. The molecule has 0 aliphatic carbocycles. The third kappa shape index (κ3) is 3.28. The summed E-state index contributed by atoms with van der Waals surface area (Å²) in [6, 6.07) is 16.1. The molecular weight excluding hydrogens is 396 g/mol. The molecule has 3 heterocycles. The summed E-state index contributed by atoms with van der Waals surface area (Å²) in [6.07, 6.45) is 1.26. The molecule has 1 spiro atoms. The van der Waals surface area contributed by atoms with Crippen LogP contribution in [-0.2, 0) is 11.3 Å². The highest BCUT2D eigenvalue weighted by molar-refractivity contribution is 7.16. The molecule has 1 N–H and O–H groups in total. The van der Waals surface area contributed by atoms with Crippen molar-refractivity contribution >= 4 is 33.5 Å². The molecule has 1 unspecified atom stereocenters. The number of carbonyl (C=O) groups is 2. The normalized spacial score (nSPS) is 20.1. The van der Waals surface area contributed by atoms with Crippen LogP contribution in [0.2, 0.25) is 0 Å². The predicted octanol–water partition coefficient (Wildman–Crippen LogP) is 3.94. The van der Waals surface area contributed by atoms with Crippen LogP contribution < -0.4 is 5.32 Å². The summed E-state index contributed by atoms with van der Waals surface area (Å²) in [7, 11) is 0. The zero-order valence-electron chi connectivity index (χ0n) is 16.9. The van der Waals surface area contributed by atoms with Gasteiger partial charge in [-0.1, -0.05) is 36.4 Å². The number of rotatable bonds is 4. The topological polar surface area (TPSA) is 65.5 Å². The van der Waals surface area contributed by atoms with Crippen molar-refractivity contribution in [2.75, 3.05) is 13.1 Å². The summed E-state index contributed by atoms with van der Waals surface area (Å²) in [5, 5.41) is 3.01. The van der Waals surface area contributed by atoms with Crippen molar-refractivity contribution in [2.24, 2.45) is 0 Å². The highest BCUT2D eigenvalue weighted by Crippen LogP contribution is 2.34. The number of likely N-dealkylation sites (tertiary alicyclic amines) is 1. The minimum atomic E-state index is -0.763. The Morgan fingerprint density at radius 3 is 2.67 bits per heavy atom. The maximum absolute atomic E-state index is 13.2. The maximum Gasteiger partial charge on any atom is 0.325 e. The summed E-state index contributed by atoms with van der Waals surface area (Å²) in [4.78, 5) is 33.9. The zero-order valence-corrected chi connectivity index (χ0v) is 17.7. The Morgan fingerprint density at radius 1 is 1.13 bits per heavy atom. The molecule has 2 aliphatic rings. The van der Waals surface area contributed by atoms with Gasteiger partial charge in [0.05, 0.1) is 22.3 Å². The fraction of sp³-hybridized carbons (Fsp3) is 0.348. The van der Waals surface area contributed by atoms with Crippen molar-refractivity contribution in [3.8, 4) is 0 Å². The number of benzene rings is 2. The van der Waals surface area contributed by atoms with Crippen LogP contribution in [0.25, 0.3) is 10.2 Å². The van der Waals surface area contributed by atoms with Crippen molar-refractivity contribution in [2.45, 2.75) is 37.9 Å². The summed E-state index contributed by atoms with van der Waals surface area (Å²) in [5.41, 5.74) is 4.34. The van der Waals surface area contributed by atoms with E-state index in [-0.39, 0.29) is 18.0 Å². The van der Waals surface area contributed by atoms with Crippen molar-refractivity contribution < 1.29 is 9.59 Å². The fourth-order valence-corrected chi connectivity index (χ4v) is 5.22. The number of hydrogen-bond donors (Lipinski definition) is 1. The van der Waals surface area contributed by atoms with Gasteiger partial charge in [0.1, 0.15) is 5.54 Å². The largest absolute Gasteiger partial charge is 0.325 e. The van der Waals surface area contributed by atoms with Crippen molar-refractivity contribution in [3.63, 3.8) is 0 Å². The van der Waals surface area contributed by atoms with E-state index in [4.69, 9.17) is 0 Å². The third-order valence-electron chi connectivity index (χ3n) is 6.47. The van der Waals surface area contributed by atoms with Gasteiger partial charge in [-0.05, 0) is 43.0 Å². The number of urea groups is 1. The smallest absolute Gasteiger partial charge is 0.323 e. The van der Waals surface area contributed by atoms with Gasteiger partial charge in [-0.15, -0.1) is 11.3 Å². The molecule has 0 radical (unpaired) electrons. The molecule has 2 aromatic carbocycles. The summed E-state index contributed by atoms with van der Waals surface area (Å²) >= 11 is 1.65. The van der Waals surface area contributed by atoms with Crippen LogP contribution in [0.15, 0.2) is 54.0 Å². The Balaban J connectivity index is 1.27. The number of carbonyl (C=O) groups excluding carboxylic acids is 2. The molecule has 2 fully saturated rings. The van der Waals surface area contributed by atoms with E-state index in [1.807, 2.05) is 35.8 Å². The van der Waals surface area contributed by atoms with Crippen LogP contribution in [-0.4, -0.2) is 45.4 Å². The van der Waals surface area contributed by atoms with E-state index < -0.39 is 5.54 Å². The molecule has 6 nitrogen and oxygen atoms in total. The molecule has 0 saturated carbocycles. The number of piperidine rings is 1. The van der Waals surface area contributed by atoms with E-state index in [1.165, 1.54) is 15.2 Å². The van der Waals surface area contributed by atoms with Gasteiger partial charge >= 0.3 is 6.03 Å². The van der Waals surface area contributed by atoms with E-state index in [0.29, 0.717) is 19.4 Å². The van der Waals surface area contributed by atoms with Crippen molar-refractivity contribution in [1.82, 2.24) is 20.1 Å². The number of fused-ring (bicyclic) bond motifs is 1. The minimum Gasteiger partial charge on any atom is -0.323 e. The average molecular weight is 421 g/mol. The lowest BCUT2D eigenvalue weighted by Crippen LogP contribution is -2.55. The van der Waals surface area contributed by atoms with E-state index in [9.17, 15) is 9.59 Å². The fourth-order valence-electron chi connectivity index (χ4n) is 4.56. The number of imide groups is 1. The molecule has 0 bridgehead atoms. The average Bonchev–Trinajstić information content (AvgIpc) is 3.33. The number of hydrogen-bond acceptors (Lipinski definition) is 5. The Kier molecular flexibility index (Phi) is 4.79.